The van der Waals surface area contributed by atoms with Crippen molar-refractivity contribution >= 4 is 39.5 Å². The van der Waals surface area contributed by atoms with E-state index in [1.54, 1.807) is 0 Å². The Morgan fingerprint density at radius 2 is 1.64 bits per heavy atom. The van der Waals surface area contributed by atoms with Gasteiger partial charge in [-0.15, -0.1) is 0 Å². The number of benzene rings is 1. The van der Waals surface area contributed by atoms with Gasteiger partial charge in [0.2, 0.25) is 0 Å². The maximum absolute atomic E-state index is 10.7. The van der Waals surface area contributed by atoms with Crippen LogP contribution < -0.4 is 0 Å². The lowest BCUT2D eigenvalue weighted by Gasteiger charge is -2.05. The summed E-state index contributed by atoms with van der Waals surface area (Å²) in [6.45, 7) is 0. The number of rotatable bonds is 2. The molecule has 1 aromatic carbocycles. The molecule has 0 bridgehead atoms. The topological polar surface area (TPSA) is 74.6 Å². The maximum Gasteiger partial charge on any atom is 0.338 e. The Hall–Kier alpha value is -1.07. The van der Waals surface area contributed by atoms with E-state index in [1.807, 2.05) is 0 Å². The van der Waals surface area contributed by atoms with E-state index in [0.29, 0.717) is 0 Å². The van der Waals surface area contributed by atoms with Gasteiger partial charge >= 0.3 is 11.9 Å². The summed E-state index contributed by atoms with van der Waals surface area (Å²) in [6.07, 6.45) is 0. The van der Waals surface area contributed by atoms with Crippen LogP contribution in [0.5, 0.6) is 0 Å². The van der Waals surface area contributed by atoms with Crippen LogP contribution in [0.3, 0.4) is 0 Å². The molecule has 0 heterocycles. The van der Waals surface area contributed by atoms with Crippen LogP contribution in [0.1, 0.15) is 20.7 Å². The first-order valence-electron chi connectivity index (χ1n) is 3.39. The van der Waals surface area contributed by atoms with Gasteiger partial charge < -0.3 is 10.2 Å². The third-order valence-corrected chi connectivity index (χ3v) is 2.51. The van der Waals surface area contributed by atoms with Crippen molar-refractivity contribution < 1.29 is 19.8 Å². The summed E-state index contributed by atoms with van der Waals surface area (Å²) in [5, 5.41) is 17.4. The summed E-state index contributed by atoms with van der Waals surface area (Å²) < 4.78 is 0.187. The number of carbonyl (C=O) groups is 2. The predicted octanol–water partition coefficient (Wildman–Crippen LogP) is 2.50. The van der Waals surface area contributed by atoms with E-state index in [0.717, 1.165) is 0 Å². The van der Waals surface area contributed by atoms with Crippen molar-refractivity contribution in [3.05, 3.63) is 32.8 Å². The highest BCUT2D eigenvalue weighted by molar-refractivity contribution is 9.10. The second kappa shape index (κ2) is 3.98. The fourth-order valence-electron chi connectivity index (χ4n) is 0.970. The molecular formula is C8H4BrClO4. The second-order valence-electron chi connectivity index (χ2n) is 2.39. The molecule has 0 fully saturated rings. The van der Waals surface area contributed by atoms with E-state index < -0.39 is 17.5 Å². The Balaban J connectivity index is 3.58. The van der Waals surface area contributed by atoms with Crippen molar-refractivity contribution in [3.8, 4) is 0 Å². The molecule has 4 nitrogen and oxygen atoms in total. The summed E-state index contributed by atoms with van der Waals surface area (Å²) in [6, 6.07) is 2.71. The van der Waals surface area contributed by atoms with Gasteiger partial charge in [-0.05, 0) is 28.1 Å². The Morgan fingerprint density at radius 3 is 2.00 bits per heavy atom. The van der Waals surface area contributed by atoms with Gasteiger partial charge in [0.15, 0.2) is 0 Å². The van der Waals surface area contributed by atoms with Crippen LogP contribution in [-0.4, -0.2) is 22.2 Å². The lowest BCUT2D eigenvalue weighted by Crippen LogP contribution is -2.09. The molecule has 74 valence electrons. The summed E-state index contributed by atoms with van der Waals surface area (Å²) in [4.78, 5) is 21.5. The van der Waals surface area contributed by atoms with E-state index in [2.05, 4.69) is 15.9 Å². The Kier molecular flexibility index (Phi) is 3.13. The van der Waals surface area contributed by atoms with Crippen LogP contribution in [0.2, 0.25) is 5.02 Å². The molecule has 0 aliphatic heterocycles. The molecule has 0 atom stereocenters. The molecule has 0 saturated heterocycles. The third kappa shape index (κ3) is 1.88. The maximum atomic E-state index is 10.7. The first-order chi connectivity index (χ1) is 6.45. The standard InChI is InChI=1S/C8H4BrClO4/c9-3-1-2-4(10)6(8(13)14)5(3)7(11)12/h1-2H,(H,11,12)(H,13,14). The average Bonchev–Trinajstić information content (AvgIpc) is 2.07. The summed E-state index contributed by atoms with van der Waals surface area (Å²) >= 11 is 8.52. The van der Waals surface area contributed by atoms with Crippen LogP contribution in [-0.2, 0) is 0 Å². The van der Waals surface area contributed by atoms with Gasteiger partial charge in [-0.2, -0.15) is 0 Å². The van der Waals surface area contributed by atoms with Gasteiger partial charge in [0.1, 0.15) is 0 Å². The van der Waals surface area contributed by atoms with Crippen molar-refractivity contribution in [2.24, 2.45) is 0 Å². The minimum atomic E-state index is -1.37. The zero-order valence-electron chi connectivity index (χ0n) is 6.62. The third-order valence-electron chi connectivity index (χ3n) is 1.53. The van der Waals surface area contributed by atoms with Crippen LogP contribution in [0.4, 0.5) is 0 Å². The van der Waals surface area contributed by atoms with Gasteiger partial charge in [-0.1, -0.05) is 11.6 Å². The van der Waals surface area contributed by atoms with Crippen molar-refractivity contribution in [1.82, 2.24) is 0 Å². The van der Waals surface area contributed by atoms with Crippen LogP contribution in [0, 0.1) is 0 Å². The molecule has 0 aliphatic rings. The Labute approximate surface area is 92.2 Å². The number of aromatic carboxylic acids is 2. The highest BCUT2D eigenvalue weighted by Crippen LogP contribution is 2.27. The average molecular weight is 279 g/mol. The fraction of sp³-hybridized carbons (Fsp3) is 0. The monoisotopic (exact) mass is 278 g/mol. The molecule has 0 unspecified atom stereocenters. The van der Waals surface area contributed by atoms with Crippen LogP contribution in [0.15, 0.2) is 16.6 Å². The minimum Gasteiger partial charge on any atom is -0.478 e. The quantitative estimate of drug-likeness (QED) is 0.872. The van der Waals surface area contributed by atoms with Crippen molar-refractivity contribution in [1.29, 1.82) is 0 Å². The minimum absolute atomic E-state index is 0.0990. The smallest absolute Gasteiger partial charge is 0.338 e. The lowest BCUT2D eigenvalue weighted by molar-refractivity contribution is 0.0651. The van der Waals surface area contributed by atoms with E-state index in [4.69, 9.17) is 21.8 Å². The zero-order chi connectivity index (χ0) is 10.9. The predicted molar refractivity (Wildman–Crippen MR) is 53.1 cm³/mol. The van der Waals surface area contributed by atoms with Gasteiger partial charge in [-0.25, -0.2) is 9.59 Å². The molecule has 0 amide bonds. The molecule has 6 heteroatoms. The second-order valence-corrected chi connectivity index (χ2v) is 3.65. The molecule has 1 rings (SSSR count). The van der Waals surface area contributed by atoms with E-state index in [-0.39, 0.29) is 15.1 Å². The zero-order valence-corrected chi connectivity index (χ0v) is 8.96. The van der Waals surface area contributed by atoms with Crippen molar-refractivity contribution in [2.75, 3.05) is 0 Å². The number of carboxylic acids is 2. The molecule has 0 saturated carbocycles. The number of carboxylic acid groups (broad SMARTS) is 2. The van der Waals surface area contributed by atoms with E-state index in [1.165, 1.54) is 12.1 Å². The van der Waals surface area contributed by atoms with Gasteiger partial charge in [0, 0.05) is 4.47 Å². The first kappa shape index (κ1) is 11.0. The van der Waals surface area contributed by atoms with E-state index in [9.17, 15) is 9.59 Å². The van der Waals surface area contributed by atoms with Crippen LogP contribution in [0.25, 0.3) is 0 Å². The number of hydrogen-bond donors (Lipinski definition) is 2. The van der Waals surface area contributed by atoms with Gasteiger partial charge in [-0.3, -0.25) is 0 Å². The molecule has 1 aromatic rings. The number of halogens is 2. The molecule has 0 spiro atoms. The highest BCUT2D eigenvalue weighted by Gasteiger charge is 2.22. The normalized spacial score (nSPS) is 9.86. The van der Waals surface area contributed by atoms with Gasteiger partial charge in [0.25, 0.3) is 0 Å². The van der Waals surface area contributed by atoms with Crippen molar-refractivity contribution in [2.45, 2.75) is 0 Å². The summed E-state index contributed by atoms with van der Waals surface area (Å²) in [5.41, 5.74) is -0.751. The molecule has 0 aromatic heterocycles. The Bertz CT molecular complexity index is 377. The largest absolute Gasteiger partial charge is 0.478 e. The highest BCUT2D eigenvalue weighted by atomic mass is 79.9. The van der Waals surface area contributed by atoms with Crippen LogP contribution >= 0.6 is 27.5 Å². The summed E-state index contributed by atoms with van der Waals surface area (Å²) in [7, 11) is 0. The molecule has 2 N–H and O–H groups in total. The Morgan fingerprint density at radius 1 is 1.14 bits per heavy atom. The summed E-state index contributed by atoms with van der Waals surface area (Å²) in [5.74, 6) is -2.70. The lowest BCUT2D eigenvalue weighted by atomic mass is 10.1. The SMILES string of the molecule is O=C(O)c1c(Cl)ccc(Br)c1C(=O)O. The first-order valence-corrected chi connectivity index (χ1v) is 4.57. The van der Waals surface area contributed by atoms with E-state index >= 15 is 0 Å². The van der Waals surface area contributed by atoms with Crippen molar-refractivity contribution in [3.63, 3.8) is 0 Å². The molecule has 0 radical (unpaired) electrons. The molecular weight excluding hydrogens is 275 g/mol. The molecule has 0 aliphatic carbocycles. The fourth-order valence-corrected chi connectivity index (χ4v) is 1.71. The van der Waals surface area contributed by atoms with Gasteiger partial charge in [0.05, 0.1) is 16.1 Å². The molecule has 14 heavy (non-hydrogen) atoms. The number of hydrogen-bond acceptors (Lipinski definition) is 2.